The first-order valence-corrected chi connectivity index (χ1v) is 9.81. The summed E-state index contributed by atoms with van der Waals surface area (Å²) in [4.78, 5) is 33.1. The van der Waals surface area contributed by atoms with Gasteiger partial charge in [-0.15, -0.1) is 0 Å². The molecule has 2 fully saturated rings. The van der Waals surface area contributed by atoms with E-state index < -0.39 is 5.60 Å². The van der Waals surface area contributed by atoms with E-state index in [1.165, 1.54) is 0 Å². The van der Waals surface area contributed by atoms with Crippen LogP contribution >= 0.6 is 0 Å². The molecule has 1 unspecified atom stereocenters. The average Bonchev–Trinajstić information content (AvgIpc) is 3.14. The number of hydrogen-bond acceptors (Lipinski definition) is 4. The molecule has 2 aromatic rings. The Bertz CT molecular complexity index is 850. The molecular formula is C21H26N4O3. The number of rotatable bonds is 4. The van der Waals surface area contributed by atoms with Gasteiger partial charge < -0.3 is 19.1 Å². The Morgan fingerprint density at radius 2 is 2.07 bits per heavy atom. The number of aryl methyl sites for hydroxylation is 2. The fourth-order valence-electron chi connectivity index (χ4n) is 4.13. The molecule has 28 heavy (non-hydrogen) atoms. The van der Waals surface area contributed by atoms with Gasteiger partial charge in [0.25, 0.3) is 5.91 Å². The summed E-state index contributed by atoms with van der Waals surface area (Å²) in [6, 6.07) is 9.68. The van der Waals surface area contributed by atoms with Crippen LogP contribution in [0, 0.1) is 6.92 Å². The summed E-state index contributed by atoms with van der Waals surface area (Å²) in [7, 11) is 0. The molecular weight excluding hydrogens is 356 g/mol. The third-order valence-corrected chi connectivity index (χ3v) is 5.70. The number of carbonyl (C=O) groups excluding carboxylic acids is 2. The number of benzene rings is 1. The lowest BCUT2D eigenvalue weighted by atomic mass is 9.90. The van der Waals surface area contributed by atoms with Gasteiger partial charge in [0.15, 0.2) is 0 Å². The van der Waals surface area contributed by atoms with Gasteiger partial charge in [-0.1, -0.05) is 18.2 Å². The third-order valence-electron chi connectivity index (χ3n) is 5.70. The fourth-order valence-corrected chi connectivity index (χ4v) is 4.13. The first kappa shape index (κ1) is 18.7. The van der Waals surface area contributed by atoms with Crippen molar-refractivity contribution in [2.24, 2.45) is 0 Å². The van der Waals surface area contributed by atoms with E-state index in [0.29, 0.717) is 26.1 Å². The van der Waals surface area contributed by atoms with Crippen LogP contribution in [0.5, 0.6) is 0 Å². The molecule has 7 heteroatoms. The SMILES string of the molecule is Cc1nccn1CCC(=O)N1CCCC2(C1)CN(c1ccccc1)C(=O)CO2. The van der Waals surface area contributed by atoms with Crippen LogP contribution in [0.4, 0.5) is 5.69 Å². The monoisotopic (exact) mass is 382 g/mol. The first-order valence-electron chi connectivity index (χ1n) is 9.81. The molecule has 4 rings (SSSR count). The Balaban J connectivity index is 1.43. The van der Waals surface area contributed by atoms with E-state index in [2.05, 4.69) is 4.98 Å². The molecule has 0 bridgehead atoms. The van der Waals surface area contributed by atoms with Crippen LogP contribution in [-0.4, -0.2) is 58.1 Å². The molecule has 2 saturated heterocycles. The van der Waals surface area contributed by atoms with Gasteiger partial charge in [-0.25, -0.2) is 4.98 Å². The topological polar surface area (TPSA) is 67.7 Å². The molecule has 0 N–H and O–H groups in total. The fraction of sp³-hybridized carbons (Fsp3) is 0.476. The number of imidazole rings is 1. The second-order valence-corrected chi connectivity index (χ2v) is 7.62. The predicted molar refractivity (Wildman–Crippen MR) is 105 cm³/mol. The second kappa shape index (κ2) is 7.75. The standard InChI is InChI=1S/C21H26N4O3/c1-17-22-10-13-23(17)12-8-19(26)24-11-5-9-21(15-24)16-25(20(27)14-28-21)18-6-3-2-4-7-18/h2-4,6-7,10,13H,5,8-9,11-12,14-16H2,1H3. The van der Waals surface area contributed by atoms with Gasteiger partial charge in [0, 0.05) is 37.6 Å². The normalized spacial score (nSPS) is 22.7. The van der Waals surface area contributed by atoms with Gasteiger partial charge in [0.05, 0.1) is 13.1 Å². The van der Waals surface area contributed by atoms with Gasteiger partial charge in [-0.05, 0) is 31.9 Å². The summed E-state index contributed by atoms with van der Waals surface area (Å²) >= 11 is 0. The van der Waals surface area contributed by atoms with Crippen molar-refractivity contribution >= 4 is 17.5 Å². The van der Waals surface area contributed by atoms with Crippen molar-refractivity contribution in [2.45, 2.75) is 38.3 Å². The van der Waals surface area contributed by atoms with Crippen molar-refractivity contribution in [3.8, 4) is 0 Å². The molecule has 7 nitrogen and oxygen atoms in total. The number of anilines is 1. The van der Waals surface area contributed by atoms with Crippen LogP contribution in [0.2, 0.25) is 0 Å². The summed E-state index contributed by atoms with van der Waals surface area (Å²) < 4.78 is 8.01. The van der Waals surface area contributed by atoms with E-state index in [9.17, 15) is 9.59 Å². The van der Waals surface area contributed by atoms with Crippen molar-refractivity contribution in [3.63, 3.8) is 0 Å². The summed E-state index contributed by atoms with van der Waals surface area (Å²) in [5.41, 5.74) is 0.400. The highest BCUT2D eigenvalue weighted by molar-refractivity contribution is 5.95. The molecule has 0 saturated carbocycles. The van der Waals surface area contributed by atoms with Crippen LogP contribution in [0.3, 0.4) is 0 Å². The third kappa shape index (κ3) is 3.80. The zero-order valence-corrected chi connectivity index (χ0v) is 16.2. The van der Waals surface area contributed by atoms with Crippen molar-refractivity contribution < 1.29 is 14.3 Å². The highest BCUT2D eigenvalue weighted by Gasteiger charge is 2.44. The summed E-state index contributed by atoms with van der Waals surface area (Å²) in [5.74, 6) is 1.00. The Labute approximate surface area is 164 Å². The minimum absolute atomic E-state index is 0.0316. The molecule has 1 spiro atoms. The van der Waals surface area contributed by atoms with E-state index in [-0.39, 0.29) is 18.4 Å². The molecule has 0 aliphatic carbocycles. The van der Waals surface area contributed by atoms with Crippen molar-refractivity contribution in [1.29, 1.82) is 0 Å². The number of likely N-dealkylation sites (tertiary alicyclic amines) is 1. The molecule has 0 radical (unpaired) electrons. The van der Waals surface area contributed by atoms with Crippen molar-refractivity contribution in [2.75, 3.05) is 31.1 Å². The lowest BCUT2D eigenvalue weighted by Gasteiger charge is -2.47. The number of carbonyl (C=O) groups is 2. The van der Waals surface area contributed by atoms with Crippen LogP contribution in [0.15, 0.2) is 42.7 Å². The van der Waals surface area contributed by atoms with E-state index in [4.69, 9.17) is 4.74 Å². The molecule has 2 aliphatic rings. The number of aromatic nitrogens is 2. The number of nitrogens with zero attached hydrogens (tertiary/aromatic N) is 4. The highest BCUT2D eigenvalue weighted by atomic mass is 16.5. The highest BCUT2D eigenvalue weighted by Crippen LogP contribution is 2.32. The number of morpholine rings is 1. The van der Waals surface area contributed by atoms with Crippen LogP contribution < -0.4 is 4.90 Å². The number of ether oxygens (including phenoxy) is 1. The van der Waals surface area contributed by atoms with Gasteiger partial charge in [-0.2, -0.15) is 0 Å². The van der Waals surface area contributed by atoms with Gasteiger partial charge in [0.2, 0.25) is 5.91 Å². The van der Waals surface area contributed by atoms with Crippen molar-refractivity contribution in [1.82, 2.24) is 14.5 Å². The van der Waals surface area contributed by atoms with Gasteiger partial charge in [0.1, 0.15) is 18.0 Å². The quantitative estimate of drug-likeness (QED) is 0.811. The van der Waals surface area contributed by atoms with Crippen LogP contribution in [0.1, 0.15) is 25.1 Å². The summed E-state index contributed by atoms with van der Waals surface area (Å²) in [6.45, 7) is 4.39. The minimum Gasteiger partial charge on any atom is -0.361 e. The average molecular weight is 382 g/mol. The van der Waals surface area contributed by atoms with Crippen LogP contribution in [0.25, 0.3) is 0 Å². The second-order valence-electron chi connectivity index (χ2n) is 7.62. The van der Waals surface area contributed by atoms with Gasteiger partial charge in [-0.3, -0.25) is 9.59 Å². The first-order chi connectivity index (χ1) is 13.6. The minimum atomic E-state index is -0.484. The number of para-hydroxylation sites is 1. The zero-order chi connectivity index (χ0) is 19.6. The number of piperidine rings is 1. The van der Waals surface area contributed by atoms with Gasteiger partial charge >= 0.3 is 0 Å². The predicted octanol–water partition coefficient (Wildman–Crippen LogP) is 2.01. The Kier molecular flexibility index (Phi) is 5.17. The number of hydrogen-bond donors (Lipinski definition) is 0. The molecule has 3 heterocycles. The van der Waals surface area contributed by atoms with E-state index >= 15 is 0 Å². The molecule has 1 atom stereocenters. The Morgan fingerprint density at radius 1 is 1.25 bits per heavy atom. The summed E-state index contributed by atoms with van der Waals surface area (Å²) in [5, 5.41) is 0. The molecule has 1 aromatic carbocycles. The van der Waals surface area contributed by atoms with E-state index in [0.717, 1.165) is 30.9 Å². The maximum Gasteiger partial charge on any atom is 0.253 e. The Morgan fingerprint density at radius 3 is 2.82 bits per heavy atom. The van der Waals surface area contributed by atoms with Crippen LogP contribution in [-0.2, 0) is 20.9 Å². The maximum atomic E-state index is 12.8. The smallest absolute Gasteiger partial charge is 0.253 e. The van der Waals surface area contributed by atoms with E-state index in [1.807, 2.05) is 52.9 Å². The van der Waals surface area contributed by atoms with Crippen molar-refractivity contribution in [3.05, 3.63) is 48.5 Å². The largest absolute Gasteiger partial charge is 0.361 e. The molecule has 2 aliphatic heterocycles. The zero-order valence-electron chi connectivity index (χ0n) is 16.2. The Hall–Kier alpha value is -2.67. The lowest BCUT2D eigenvalue weighted by molar-refractivity contribution is -0.153. The molecule has 2 amide bonds. The van der Waals surface area contributed by atoms with E-state index in [1.54, 1.807) is 11.1 Å². The molecule has 1 aromatic heterocycles. The number of amides is 2. The lowest BCUT2D eigenvalue weighted by Crippen LogP contribution is -2.62. The molecule has 148 valence electrons. The maximum absolute atomic E-state index is 12.8. The summed E-state index contributed by atoms with van der Waals surface area (Å²) in [6.07, 6.45) is 5.82.